The Balaban J connectivity index is 1.51. The van der Waals surface area contributed by atoms with E-state index < -0.39 is 23.2 Å². The van der Waals surface area contributed by atoms with Crippen molar-refractivity contribution < 1.29 is 19.5 Å². The van der Waals surface area contributed by atoms with E-state index in [-0.39, 0.29) is 11.8 Å². The second-order valence-corrected chi connectivity index (χ2v) is 7.67. The van der Waals surface area contributed by atoms with Crippen LogP contribution in [0.3, 0.4) is 0 Å². The molecule has 2 amide bonds. The first-order valence-electron chi connectivity index (χ1n) is 9.26. The molecule has 2 atom stereocenters. The summed E-state index contributed by atoms with van der Waals surface area (Å²) < 4.78 is 0. The van der Waals surface area contributed by atoms with Gasteiger partial charge in [0.15, 0.2) is 0 Å². The monoisotopic (exact) mass is 380 g/mol. The summed E-state index contributed by atoms with van der Waals surface area (Å²) in [6.45, 7) is 4.09. The van der Waals surface area contributed by atoms with E-state index in [9.17, 15) is 19.5 Å². The Morgan fingerprint density at radius 1 is 0.964 bits per heavy atom. The van der Waals surface area contributed by atoms with Gasteiger partial charge >= 0.3 is 5.97 Å². The standard InChI is InChI=1S/C22H24N2O4/c1-22(2)17(18(22)21(27)28)20(26)24-16-10-8-15(9-11-16)19(25)23-13-12-14-6-4-3-5-7-14/h3-11,17-18H,12-13H2,1-2H3,(H,23,25)(H,24,26)(H,27,28)/t17-,18-/m0/s1. The Morgan fingerprint density at radius 3 is 2.18 bits per heavy atom. The van der Waals surface area contributed by atoms with Crippen molar-refractivity contribution in [1.82, 2.24) is 5.32 Å². The minimum absolute atomic E-state index is 0.178. The van der Waals surface area contributed by atoms with Crippen molar-refractivity contribution in [2.75, 3.05) is 11.9 Å². The van der Waals surface area contributed by atoms with Gasteiger partial charge in [0, 0.05) is 17.8 Å². The number of carboxylic acid groups (broad SMARTS) is 1. The Morgan fingerprint density at radius 2 is 1.61 bits per heavy atom. The molecule has 0 radical (unpaired) electrons. The van der Waals surface area contributed by atoms with Crippen molar-refractivity contribution >= 4 is 23.5 Å². The number of benzene rings is 2. The molecule has 0 heterocycles. The number of aliphatic carboxylic acids is 1. The van der Waals surface area contributed by atoms with E-state index in [0.29, 0.717) is 17.8 Å². The van der Waals surface area contributed by atoms with Gasteiger partial charge in [-0.1, -0.05) is 44.2 Å². The third kappa shape index (κ3) is 4.22. The maximum absolute atomic E-state index is 12.3. The van der Waals surface area contributed by atoms with E-state index in [0.717, 1.165) is 12.0 Å². The smallest absolute Gasteiger partial charge is 0.307 e. The Bertz CT molecular complexity index is 875. The van der Waals surface area contributed by atoms with Gasteiger partial charge in [0.1, 0.15) is 0 Å². The number of hydrogen-bond acceptors (Lipinski definition) is 3. The molecule has 0 spiro atoms. The maximum atomic E-state index is 12.3. The van der Waals surface area contributed by atoms with Gasteiger partial charge in [-0.05, 0) is 41.7 Å². The number of amides is 2. The molecular weight excluding hydrogens is 356 g/mol. The molecule has 1 saturated carbocycles. The normalized spacial score (nSPS) is 19.5. The fourth-order valence-electron chi connectivity index (χ4n) is 3.58. The molecule has 28 heavy (non-hydrogen) atoms. The minimum Gasteiger partial charge on any atom is -0.481 e. The molecule has 146 valence electrons. The number of nitrogens with one attached hydrogen (secondary N) is 2. The van der Waals surface area contributed by atoms with Crippen LogP contribution in [0.25, 0.3) is 0 Å². The van der Waals surface area contributed by atoms with Crippen molar-refractivity contribution in [2.24, 2.45) is 17.3 Å². The summed E-state index contributed by atoms with van der Waals surface area (Å²) in [6, 6.07) is 16.5. The number of carbonyl (C=O) groups is 3. The summed E-state index contributed by atoms with van der Waals surface area (Å²) in [6.07, 6.45) is 0.753. The van der Waals surface area contributed by atoms with Gasteiger partial charge in [-0.15, -0.1) is 0 Å². The van der Waals surface area contributed by atoms with Crippen molar-refractivity contribution in [2.45, 2.75) is 20.3 Å². The molecular formula is C22H24N2O4. The average molecular weight is 380 g/mol. The molecule has 3 N–H and O–H groups in total. The highest BCUT2D eigenvalue weighted by molar-refractivity contribution is 6.00. The van der Waals surface area contributed by atoms with Gasteiger partial charge in [0.25, 0.3) is 5.91 Å². The number of anilines is 1. The topological polar surface area (TPSA) is 95.5 Å². The fourth-order valence-corrected chi connectivity index (χ4v) is 3.58. The lowest BCUT2D eigenvalue weighted by atomic mass is 10.1. The zero-order chi connectivity index (χ0) is 20.3. The lowest BCUT2D eigenvalue weighted by Gasteiger charge is -2.08. The van der Waals surface area contributed by atoms with Crippen LogP contribution in [-0.2, 0) is 16.0 Å². The van der Waals surface area contributed by atoms with Crippen LogP contribution in [0.1, 0.15) is 29.8 Å². The first-order valence-corrected chi connectivity index (χ1v) is 9.26. The third-order valence-corrected chi connectivity index (χ3v) is 5.33. The fraction of sp³-hybridized carbons (Fsp3) is 0.318. The molecule has 0 unspecified atom stereocenters. The summed E-state index contributed by atoms with van der Waals surface area (Å²) in [4.78, 5) is 35.8. The predicted molar refractivity (Wildman–Crippen MR) is 106 cm³/mol. The van der Waals surface area contributed by atoms with Crippen LogP contribution in [0, 0.1) is 17.3 Å². The highest BCUT2D eigenvalue weighted by Crippen LogP contribution is 2.58. The zero-order valence-electron chi connectivity index (χ0n) is 15.9. The summed E-state index contributed by atoms with van der Waals surface area (Å²) in [5, 5.41) is 14.8. The Hall–Kier alpha value is -3.15. The van der Waals surface area contributed by atoms with Crippen LogP contribution in [0.2, 0.25) is 0 Å². The van der Waals surface area contributed by atoms with Crippen LogP contribution in [0.4, 0.5) is 5.69 Å². The highest BCUT2D eigenvalue weighted by atomic mass is 16.4. The molecule has 0 bridgehead atoms. The van der Waals surface area contributed by atoms with Gasteiger partial charge in [-0.2, -0.15) is 0 Å². The second kappa shape index (κ2) is 7.84. The number of carbonyl (C=O) groups excluding carboxylic acids is 2. The molecule has 6 heteroatoms. The summed E-state index contributed by atoms with van der Waals surface area (Å²) in [7, 11) is 0. The van der Waals surface area contributed by atoms with E-state index >= 15 is 0 Å². The van der Waals surface area contributed by atoms with E-state index in [1.807, 2.05) is 30.3 Å². The zero-order valence-corrected chi connectivity index (χ0v) is 15.9. The maximum Gasteiger partial charge on any atom is 0.307 e. The van der Waals surface area contributed by atoms with Crippen LogP contribution in [-0.4, -0.2) is 29.4 Å². The Labute approximate surface area is 164 Å². The van der Waals surface area contributed by atoms with Gasteiger partial charge in [-0.3, -0.25) is 14.4 Å². The molecule has 0 aromatic heterocycles. The Kier molecular flexibility index (Phi) is 5.49. The van der Waals surface area contributed by atoms with Crippen LogP contribution >= 0.6 is 0 Å². The van der Waals surface area contributed by atoms with Gasteiger partial charge in [-0.25, -0.2) is 0 Å². The first kappa shape index (κ1) is 19.6. The molecule has 0 aliphatic heterocycles. The minimum atomic E-state index is -0.951. The lowest BCUT2D eigenvalue weighted by molar-refractivity contribution is -0.140. The number of rotatable bonds is 7. The molecule has 1 fully saturated rings. The van der Waals surface area contributed by atoms with Crippen molar-refractivity contribution in [3.63, 3.8) is 0 Å². The molecule has 0 saturated heterocycles. The molecule has 2 aromatic carbocycles. The number of hydrogen-bond donors (Lipinski definition) is 3. The SMILES string of the molecule is CC1(C)[C@H](C(=O)O)[C@H]1C(=O)Nc1ccc(C(=O)NCCc2ccccc2)cc1. The largest absolute Gasteiger partial charge is 0.481 e. The predicted octanol–water partition coefficient (Wildman–Crippen LogP) is 2.95. The molecule has 1 aliphatic carbocycles. The van der Waals surface area contributed by atoms with Crippen LogP contribution < -0.4 is 10.6 Å². The van der Waals surface area contributed by atoms with Gasteiger partial charge < -0.3 is 15.7 Å². The first-order chi connectivity index (χ1) is 13.3. The second-order valence-electron chi connectivity index (χ2n) is 7.67. The van der Waals surface area contributed by atoms with Crippen molar-refractivity contribution in [1.29, 1.82) is 0 Å². The van der Waals surface area contributed by atoms with E-state index in [1.165, 1.54) is 0 Å². The van der Waals surface area contributed by atoms with Gasteiger partial charge in [0.2, 0.25) is 5.91 Å². The highest BCUT2D eigenvalue weighted by Gasteiger charge is 2.65. The third-order valence-electron chi connectivity index (χ3n) is 5.33. The summed E-state index contributed by atoms with van der Waals surface area (Å²) in [5.74, 6) is -2.65. The molecule has 3 rings (SSSR count). The van der Waals surface area contributed by atoms with Crippen molar-refractivity contribution in [3.05, 3.63) is 65.7 Å². The van der Waals surface area contributed by atoms with Crippen LogP contribution in [0.5, 0.6) is 0 Å². The molecule has 6 nitrogen and oxygen atoms in total. The quantitative estimate of drug-likeness (QED) is 0.688. The molecule has 1 aliphatic rings. The average Bonchev–Trinajstić information content (AvgIpc) is 3.26. The van der Waals surface area contributed by atoms with Crippen LogP contribution in [0.15, 0.2) is 54.6 Å². The van der Waals surface area contributed by atoms with E-state index in [4.69, 9.17) is 0 Å². The molecule has 2 aromatic rings. The van der Waals surface area contributed by atoms with Gasteiger partial charge in [0.05, 0.1) is 11.8 Å². The van der Waals surface area contributed by atoms with Crippen molar-refractivity contribution in [3.8, 4) is 0 Å². The summed E-state index contributed by atoms with van der Waals surface area (Å²) in [5.41, 5.74) is 1.65. The lowest BCUT2D eigenvalue weighted by Crippen LogP contribution is -2.25. The summed E-state index contributed by atoms with van der Waals surface area (Å²) >= 11 is 0. The van der Waals surface area contributed by atoms with E-state index in [2.05, 4.69) is 10.6 Å². The van der Waals surface area contributed by atoms with E-state index in [1.54, 1.807) is 38.1 Å². The number of carboxylic acids is 1.